The Kier molecular flexibility index (Phi) is 30.0. The summed E-state index contributed by atoms with van der Waals surface area (Å²) in [5.41, 5.74) is 2.28. The number of benzene rings is 1. The number of alkyl halides is 1. The maximum atomic E-state index is 10.3. The van der Waals surface area contributed by atoms with Gasteiger partial charge in [-0.25, -0.2) is 14.4 Å². The maximum absolute atomic E-state index is 10.3. The number of carbonyl (C=O) groups is 3. The molecule has 0 unspecified atom stereocenters. The van der Waals surface area contributed by atoms with E-state index in [-0.39, 0.29) is 11.9 Å². The summed E-state index contributed by atoms with van der Waals surface area (Å²) in [5, 5.41) is 0. The third kappa shape index (κ3) is 28.8. The van der Waals surface area contributed by atoms with Crippen LogP contribution in [-0.4, -0.2) is 51.4 Å². The molecule has 1 rings (SSSR count). The Morgan fingerprint density at radius 1 is 0.800 bits per heavy atom. The van der Waals surface area contributed by atoms with Crippen LogP contribution in [-0.2, 0) is 39.2 Å². The number of halogens is 1. The van der Waals surface area contributed by atoms with Crippen LogP contribution >= 0.6 is 11.6 Å². The van der Waals surface area contributed by atoms with Crippen LogP contribution in [0.1, 0.15) is 37.8 Å². The molecular formula is C27H39ClO7. The fraction of sp³-hybridized carbons (Fsp3) is 0.370. The zero-order valence-corrected chi connectivity index (χ0v) is 21.9. The Morgan fingerprint density at radius 2 is 1.29 bits per heavy atom. The van der Waals surface area contributed by atoms with Gasteiger partial charge in [0.05, 0.1) is 19.8 Å². The summed E-state index contributed by atoms with van der Waals surface area (Å²) >= 11 is 5.60. The molecular weight excluding hydrogens is 472 g/mol. The Bertz CT molecular complexity index is 702. The van der Waals surface area contributed by atoms with E-state index < -0.39 is 5.97 Å². The molecule has 35 heavy (non-hydrogen) atoms. The van der Waals surface area contributed by atoms with E-state index in [1.807, 2.05) is 37.3 Å². The molecule has 0 amide bonds. The van der Waals surface area contributed by atoms with E-state index >= 15 is 0 Å². The van der Waals surface area contributed by atoms with E-state index in [4.69, 9.17) is 11.6 Å². The highest BCUT2D eigenvalue weighted by Crippen LogP contribution is 2.06. The van der Waals surface area contributed by atoms with Gasteiger partial charge in [0.25, 0.3) is 0 Å². The molecule has 0 radical (unpaired) electrons. The molecule has 0 saturated heterocycles. The highest BCUT2D eigenvalue weighted by molar-refractivity contribution is 6.17. The van der Waals surface area contributed by atoms with Gasteiger partial charge in [0.2, 0.25) is 0 Å². The predicted molar refractivity (Wildman–Crippen MR) is 142 cm³/mol. The highest BCUT2D eigenvalue weighted by Gasteiger charge is 1.92. The molecule has 0 aliphatic carbocycles. The lowest BCUT2D eigenvalue weighted by atomic mass is 10.1. The normalized spacial score (nSPS) is 8.57. The van der Waals surface area contributed by atoms with Crippen molar-refractivity contribution >= 4 is 35.6 Å². The minimum Gasteiger partial charge on any atom is -0.463 e. The molecule has 1 aromatic carbocycles. The van der Waals surface area contributed by atoms with Crippen molar-refractivity contribution in [3.05, 3.63) is 79.9 Å². The van der Waals surface area contributed by atoms with Crippen LogP contribution in [0.5, 0.6) is 0 Å². The van der Waals surface area contributed by atoms with Gasteiger partial charge in [-0.1, -0.05) is 70.0 Å². The summed E-state index contributed by atoms with van der Waals surface area (Å²) < 4.78 is 18.3. The van der Waals surface area contributed by atoms with Crippen LogP contribution in [0, 0.1) is 0 Å². The van der Waals surface area contributed by atoms with Crippen molar-refractivity contribution in [2.75, 3.05) is 33.5 Å². The number of unbranched alkanes of at least 4 members (excludes halogenated alkanes) is 1. The molecule has 1 aromatic rings. The van der Waals surface area contributed by atoms with Gasteiger partial charge in [0, 0.05) is 31.2 Å². The monoisotopic (exact) mass is 510 g/mol. The molecule has 0 heterocycles. The van der Waals surface area contributed by atoms with Gasteiger partial charge in [-0.3, -0.25) is 0 Å². The number of methoxy groups -OCH3 is 1. The fourth-order valence-electron chi connectivity index (χ4n) is 1.60. The molecule has 8 heteroatoms. The van der Waals surface area contributed by atoms with Crippen molar-refractivity contribution in [2.45, 2.75) is 32.6 Å². The van der Waals surface area contributed by atoms with Gasteiger partial charge in [0.15, 0.2) is 0 Å². The van der Waals surface area contributed by atoms with Gasteiger partial charge in [-0.15, -0.1) is 11.6 Å². The maximum Gasteiger partial charge on any atom is 0.330 e. The topological polar surface area (TPSA) is 88.1 Å². The first-order chi connectivity index (χ1) is 16.8. The van der Waals surface area contributed by atoms with E-state index in [0.29, 0.717) is 32.3 Å². The molecule has 0 aliphatic rings. The molecule has 0 N–H and O–H groups in total. The molecule has 196 valence electrons. The molecule has 0 bridgehead atoms. The summed E-state index contributed by atoms with van der Waals surface area (Å²) in [6.07, 6.45) is 7.23. The summed E-state index contributed by atoms with van der Waals surface area (Å²) in [6.45, 7) is 18.8. The van der Waals surface area contributed by atoms with Crippen molar-refractivity contribution in [3.63, 3.8) is 0 Å². The van der Waals surface area contributed by atoms with Gasteiger partial charge < -0.3 is 18.9 Å². The number of rotatable bonds is 12. The second kappa shape index (κ2) is 28.9. The first-order valence-electron chi connectivity index (χ1n) is 10.9. The van der Waals surface area contributed by atoms with Gasteiger partial charge in [-0.2, -0.15) is 0 Å². The Hall–Kier alpha value is -3.16. The third-order valence-corrected chi connectivity index (χ3v) is 3.74. The number of hydrogen-bond acceptors (Lipinski definition) is 7. The Morgan fingerprint density at radius 3 is 1.63 bits per heavy atom. The zero-order chi connectivity index (χ0) is 27.3. The third-order valence-electron chi connectivity index (χ3n) is 3.43. The van der Waals surface area contributed by atoms with Crippen molar-refractivity contribution in [2.24, 2.45) is 0 Å². The van der Waals surface area contributed by atoms with Crippen LogP contribution in [0.3, 0.4) is 0 Å². The first kappa shape index (κ1) is 36.4. The Labute approximate surface area is 215 Å². The van der Waals surface area contributed by atoms with Gasteiger partial charge >= 0.3 is 17.9 Å². The summed E-state index contributed by atoms with van der Waals surface area (Å²) in [6, 6.07) is 8.02. The molecule has 0 atom stereocenters. The van der Waals surface area contributed by atoms with E-state index in [1.165, 1.54) is 6.08 Å². The second-order valence-corrected chi connectivity index (χ2v) is 6.39. The summed E-state index contributed by atoms with van der Waals surface area (Å²) in [5.74, 6) is -0.518. The number of hydrogen-bond donors (Lipinski definition) is 0. The number of carbonyl (C=O) groups excluding carboxylic acids is 3. The summed E-state index contributed by atoms with van der Waals surface area (Å²) in [4.78, 5) is 30.7. The van der Waals surface area contributed by atoms with E-state index in [9.17, 15) is 14.4 Å². The molecule has 0 saturated carbocycles. The SMILES string of the molecule is C=CC(=O)OCC.C=CC(=O)OCCCC.C=CC(=O)OCCOC.C=Cc1ccc(CCl)cc1. The predicted octanol–water partition coefficient (Wildman–Crippen LogP) is 5.68. The fourth-order valence-corrected chi connectivity index (χ4v) is 1.78. The van der Waals surface area contributed by atoms with Gasteiger partial charge in [-0.05, 0) is 24.5 Å². The quantitative estimate of drug-likeness (QED) is 0.117. The lowest BCUT2D eigenvalue weighted by Crippen LogP contribution is -2.06. The first-order valence-corrected chi connectivity index (χ1v) is 11.5. The second-order valence-electron chi connectivity index (χ2n) is 6.13. The molecule has 7 nitrogen and oxygen atoms in total. The minimum absolute atomic E-state index is 0.293. The van der Waals surface area contributed by atoms with Gasteiger partial charge in [0.1, 0.15) is 6.61 Å². The molecule has 0 fully saturated rings. The average Bonchev–Trinajstić information content (AvgIpc) is 2.90. The molecule has 0 aliphatic heterocycles. The van der Waals surface area contributed by atoms with E-state index in [0.717, 1.165) is 36.1 Å². The smallest absolute Gasteiger partial charge is 0.330 e. The Balaban J connectivity index is -0.000000393. The lowest BCUT2D eigenvalue weighted by molar-refractivity contribution is -0.139. The van der Waals surface area contributed by atoms with Crippen LogP contribution in [0.2, 0.25) is 0 Å². The highest BCUT2D eigenvalue weighted by atomic mass is 35.5. The molecule has 0 spiro atoms. The largest absolute Gasteiger partial charge is 0.463 e. The van der Waals surface area contributed by atoms with Crippen molar-refractivity contribution < 1.29 is 33.3 Å². The van der Waals surface area contributed by atoms with Crippen molar-refractivity contribution in [3.8, 4) is 0 Å². The van der Waals surface area contributed by atoms with E-state index in [2.05, 4.69) is 45.3 Å². The zero-order valence-electron chi connectivity index (χ0n) is 21.1. The van der Waals surface area contributed by atoms with Crippen LogP contribution in [0.4, 0.5) is 0 Å². The standard InChI is InChI=1S/C9H9Cl.C7H12O2.C6H10O3.C5H8O2/c1-2-8-3-5-9(7-10)6-4-8;1-3-5-6-9-7(8)4-2;1-3-6(7)9-5-4-8-2;1-3-5(6)7-4-2/h2-6H,1,7H2;4H,2-3,5-6H2,1H3;3H,1,4-5H2,2H3;3H,1,4H2,2H3. The lowest BCUT2D eigenvalue weighted by Gasteiger charge is -1.98. The number of ether oxygens (including phenoxy) is 4. The molecule has 0 aromatic heterocycles. The minimum atomic E-state index is -0.410. The average molecular weight is 511 g/mol. The van der Waals surface area contributed by atoms with Crippen LogP contribution in [0.15, 0.2) is 68.8 Å². The van der Waals surface area contributed by atoms with Crippen LogP contribution in [0.25, 0.3) is 6.08 Å². The van der Waals surface area contributed by atoms with Crippen molar-refractivity contribution in [1.29, 1.82) is 0 Å². The van der Waals surface area contributed by atoms with Crippen LogP contribution < -0.4 is 0 Å². The van der Waals surface area contributed by atoms with Crippen molar-refractivity contribution in [1.82, 2.24) is 0 Å². The summed E-state index contributed by atoms with van der Waals surface area (Å²) in [7, 11) is 1.54. The number of esters is 3. The van der Waals surface area contributed by atoms with E-state index in [1.54, 1.807) is 14.0 Å².